The molecule has 0 aromatic carbocycles. The van der Waals surface area contributed by atoms with Crippen LogP contribution in [0.4, 0.5) is 0 Å². The fraction of sp³-hybridized carbons (Fsp3) is 0.737. The summed E-state index contributed by atoms with van der Waals surface area (Å²) in [5.74, 6) is 0.256. The quantitative estimate of drug-likeness (QED) is 0.244. The van der Waals surface area contributed by atoms with Gasteiger partial charge in [0.2, 0.25) is 0 Å². The van der Waals surface area contributed by atoms with Crippen LogP contribution in [0.15, 0.2) is 24.3 Å². The van der Waals surface area contributed by atoms with Gasteiger partial charge in [-0.3, -0.25) is 0 Å². The lowest BCUT2D eigenvalue weighted by atomic mass is 10.00. The van der Waals surface area contributed by atoms with Crippen molar-refractivity contribution in [2.75, 3.05) is 6.61 Å². The maximum Gasteiger partial charge on any atom is 0.351 e. The van der Waals surface area contributed by atoms with Crippen LogP contribution in [-0.2, 0) is 13.7 Å². The Morgan fingerprint density at radius 2 is 1.80 bits per heavy atom. The van der Waals surface area contributed by atoms with Crippen LogP contribution < -0.4 is 0 Å². The molecule has 0 amide bonds. The molecule has 142 valence electrons. The van der Waals surface area contributed by atoms with Crippen molar-refractivity contribution in [1.29, 1.82) is 5.26 Å². The minimum absolute atomic E-state index is 0.0318. The molecule has 0 aromatic heterocycles. The minimum Gasteiger partial charge on any atom is -0.310 e. The van der Waals surface area contributed by atoms with E-state index < -0.39 is 8.60 Å². The Bertz CT molecular complexity index is 440. The first-order valence-electron chi connectivity index (χ1n) is 9.27. The molecule has 2 atom stereocenters. The third-order valence-electron chi connectivity index (χ3n) is 3.86. The highest BCUT2D eigenvalue weighted by atomic mass is 31.2. The molecule has 0 aliphatic heterocycles. The van der Waals surface area contributed by atoms with Gasteiger partial charge >= 0.3 is 8.60 Å². The molecule has 0 spiro atoms. The molecule has 2 unspecified atom stereocenters. The number of unbranched alkanes of at least 4 members (excludes halogenated alkanes) is 1. The Hall–Kier alpha value is -0.760. The second kappa shape index (κ2) is 12.6. The van der Waals surface area contributed by atoms with E-state index in [1.807, 2.05) is 5.06 Å². The number of hydrogen-bond acceptors (Lipinski definition) is 5. The maximum absolute atomic E-state index is 8.78. The summed E-state index contributed by atoms with van der Waals surface area (Å²) in [6.45, 7) is 10.8. The molecular weight excluding hydrogens is 335 g/mol. The molecule has 0 bridgehead atoms. The Morgan fingerprint density at radius 3 is 2.32 bits per heavy atom. The van der Waals surface area contributed by atoms with Gasteiger partial charge in [-0.05, 0) is 34.1 Å². The molecule has 1 aliphatic carbocycles. The molecule has 0 heterocycles. The van der Waals surface area contributed by atoms with E-state index in [0.29, 0.717) is 13.0 Å². The maximum atomic E-state index is 8.78. The third kappa shape index (κ3) is 8.44. The van der Waals surface area contributed by atoms with Crippen molar-refractivity contribution in [2.45, 2.75) is 78.5 Å². The largest absolute Gasteiger partial charge is 0.351 e. The predicted molar refractivity (Wildman–Crippen MR) is 102 cm³/mol. The fourth-order valence-corrected chi connectivity index (χ4v) is 4.01. The van der Waals surface area contributed by atoms with Crippen LogP contribution in [-0.4, -0.2) is 29.9 Å². The molecule has 0 aromatic rings. The van der Waals surface area contributed by atoms with E-state index in [1.54, 1.807) is 0 Å². The summed E-state index contributed by atoms with van der Waals surface area (Å²) in [4.78, 5) is 0. The highest BCUT2D eigenvalue weighted by molar-refractivity contribution is 7.41. The van der Waals surface area contributed by atoms with Crippen molar-refractivity contribution in [3.8, 4) is 6.07 Å². The number of nitrogens with zero attached hydrogens (tertiary/aromatic N) is 2. The Labute approximate surface area is 154 Å². The number of nitriles is 1. The lowest BCUT2D eigenvalue weighted by Crippen LogP contribution is -2.36. The van der Waals surface area contributed by atoms with E-state index >= 15 is 0 Å². The van der Waals surface area contributed by atoms with Crippen LogP contribution >= 0.6 is 8.60 Å². The molecule has 1 aliphatic rings. The standard InChI is InChI=1S/C19H33N2O3P/c1-6-7-13-19(18-11-8-9-12-18)23-25(22-15-10-14-20)24-21(16(2)3)17(4)5/h8-9,11-12,16-19H,6-7,10,13,15H2,1-5H3. The van der Waals surface area contributed by atoms with Gasteiger partial charge in [-0.15, -0.1) is 0 Å². The molecule has 5 nitrogen and oxygen atoms in total. The second-order valence-electron chi connectivity index (χ2n) is 6.73. The molecule has 0 fully saturated rings. The first kappa shape index (κ1) is 22.3. The summed E-state index contributed by atoms with van der Waals surface area (Å²) >= 11 is 0. The lowest BCUT2D eigenvalue weighted by Gasteiger charge is -2.33. The molecule has 0 saturated heterocycles. The van der Waals surface area contributed by atoms with E-state index in [9.17, 15) is 0 Å². The minimum atomic E-state index is -1.54. The highest BCUT2D eigenvalue weighted by Gasteiger charge is 2.29. The van der Waals surface area contributed by atoms with E-state index in [-0.39, 0.29) is 24.1 Å². The normalized spacial score (nSPS) is 16.9. The fourth-order valence-electron chi connectivity index (χ4n) is 2.63. The summed E-state index contributed by atoms with van der Waals surface area (Å²) in [6, 6.07) is 2.54. The van der Waals surface area contributed by atoms with Crippen LogP contribution in [0.1, 0.15) is 60.3 Å². The molecule has 6 heteroatoms. The van der Waals surface area contributed by atoms with E-state index in [2.05, 4.69) is 65.0 Å². The van der Waals surface area contributed by atoms with Crippen molar-refractivity contribution in [1.82, 2.24) is 5.06 Å². The number of hydrogen-bond donors (Lipinski definition) is 0. The van der Waals surface area contributed by atoms with Crippen molar-refractivity contribution in [3.63, 3.8) is 0 Å². The van der Waals surface area contributed by atoms with Gasteiger partial charge in [-0.2, -0.15) is 10.3 Å². The Morgan fingerprint density at radius 1 is 1.16 bits per heavy atom. The van der Waals surface area contributed by atoms with Gasteiger partial charge in [-0.1, -0.05) is 44.1 Å². The number of allylic oxidation sites excluding steroid dienone is 2. The van der Waals surface area contributed by atoms with Gasteiger partial charge in [0.25, 0.3) is 0 Å². The topological polar surface area (TPSA) is 54.7 Å². The molecule has 1 rings (SSSR count). The summed E-state index contributed by atoms with van der Waals surface area (Å²) in [5.41, 5.74) is 0. The summed E-state index contributed by atoms with van der Waals surface area (Å²) in [6.07, 6.45) is 12.0. The second-order valence-corrected chi connectivity index (χ2v) is 7.81. The lowest BCUT2D eigenvalue weighted by molar-refractivity contribution is -0.128. The SMILES string of the molecule is CCCCC(OP(OCCC#N)ON(C(C)C)C(C)C)C1C=CC=C1. The zero-order valence-corrected chi connectivity index (χ0v) is 17.1. The van der Waals surface area contributed by atoms with Gasteiger partial charge in [0.1, 0.15) is 0 Å². The monoisotopic (exact) mass is 368 g/mol. The molecular formula is C19H33N2O3P. The third-order valence-corrected chi connectivity index (χ3v) is 5.02. The van der Waals surface area contributed by atoms with E-state index in [0.717, 1.165) is 19.3 Å². The predicted octanol–water partition coefficient (Wildman–Crippen LogP) is 5.51. The molecule has 0 saturated carbocycles. The zero-order valence-electron chi connectivity index (χ0n) is 16.2. The zero-order chi connectivity index (χ0) is 18.7. The van der Waals surface area contributed by atoms with Crippen molar-refractivity contribution < 1.29 is 13.7 Å². The van der Waals surface area contributed by atoms with Gasteiger partial charge in [-0.25, -0.2) is 4.62 Å². The Kier molecular flexibility index (Phi) is 11.2. The first-order valence-corrected chi connectivity index (χ1v) is 10.4. The highest BCUT2D eigenvalue weighted by Crippen LogP contribution is 2.45. The van der Waals surface area contributed by atoms with E-state index in [1.165, 1.54) is 0 Å². The average molecular weight is 368 g/mol. The van der Waals surface area contributed by atoms with Crippen molar-refractivity contribution >= 4 is 8.60 Å². The smallest absolute Gasteiger partial charge is 0.310 e. The van der Waals surface area contributed by atoms with Gasteiger partial charge < -0.3 is 9.05 Å². The van der Waals surface area contributed by atoms with Crippen LogP contribution in [0.25, 0.3) is 0 Å². The summed E-state index contributed by atoms with van der Waals surface area (Å²) < 4.78 is 18.2. The van der Waals surface area contributed by atoms with Gasteiger partial charge in [0, 0.05) is 18.0 Å². The Balaban J connectivity index is 2.78. The number of rotatable bonds is 13. The van der Waals surface area contributed by atoms with Crippen molar-refractivity contribution in [3.05, 3.63) is 24.3 Å². The summed E-state index contributed by atoms with van der Waals surface area (Å²) in [7, 11) is -1.54. The average Bonchev–Trinajstić information content (AvgIpc) is 3.09. The summed E-state index contributed by atoms with van der Waals surface area (Å²) in [5, 5.41) is 10.7. The molecule has 25 heavy (non-hydrogen) atoms. The first-order chi connectivity index (χ1) is 12.0. The van der Waals surface area contributed by atoms with Crippen LogP contribution in [0.3, 0.4) is 0 Å². The van der Waals surface area contributed by atoms with Crippen molar-refractivity contribution in [2.24, 2.45) is 5.92 Å². The number of hydroxylamine groups is 2. The van der Waals surface area contributed by atoms with Gasteiger partial charge in [0.15, 0.2) is 0 Å². The van der Waals surface area contributed by atoms with Gasteiger partial charge in [0.05, 0.1) is 25.2 Å². The van der Waals surface area contributed by atoms with Crippen LogP contribution in [0.2, 0.25) is 0 Å². The van der Waals surface area contributed by atoms with Crippen LogP contribution in [0.5, 0.6) is 0 Å². The van der Waals surface area contributed by atoms with Crippen LogP contribution in [0, 0.1) is 17.2 Å². The molecule has 0 N–H and O–H groups in total. The van der Waals surface area contributed by atoms with E-state index in [4.69, 9.17) is 18.9 Å². The molecule has 0 radical (unpaired) electrons.